The molecule has 0 saturated carbocycles. The van der Waals surface area contributed by atoms with Crippen LogP contribution in [0.15, 0.2) is 54.9 Å². The van der Waals surface area contributed by atoms with Crippen molar-refractivity contribution in [1.82, 2.24) is 9.88 Å². The summed E-state index contributed by atoms with van der Waals surface area (Å²) in [5, 5.41) is 2.88. The number of pyridine rings is 1. The second-order valence-corrected chi connectivity index (χ2v) is 5.66. The minimum atomic E-state index is -0.0212. The maximum atomic E-state index is 12.1. The summed E-state index contributed by atoms with van der Waals surface area (Å²) in [6.45, 7) is 1.91. The Bertz CT molecular complexity index is 627. The van der Waals surface area contributed by atoms with Crippen LogP contribution in [-0.4, -0.2) is 41.5 Å². The molecular formula is C17H22Cl2N4O. The van der Waals surface area contributed by atoms with Gasteiger partial charge in [0.25, 0.3) is 0 Å². The Morgan fingerprint density at radius 2 is 1.79 bits per heavy atom. The third kappa shape index (κ3) is 5.18. The molecule has 0 radical (unpaired) electrons. The second kappa shape index (κ2) is 9.59. The highest BCUT2D eigenvalue weighted by Gasteiger charge is 2.31. The van der Waals surface area contributed by atoms with Gasteiger partial charge >= 0.3 is 0 Å². The van der Waals surface area contributed by atoms with Gasteiger partial charge < -0.3 is 11.1 Å². The molecule has 130 valence electrons. The van der Waals surface area contributed by atoms with Gasteiger partial charge in [0.1, 0.15) is 0 Å². The number of nitrogens with one attached hydrogen (secondary N) is 1. The average molecular weight is 369 g/mol. The van der Waals surface area contributed by atoms with Crippen molar-refractivity contribution in [1.29, 1.82) is 0 Å². The van der Waals surface area contributed by atoms with Gasteiger partial charge in [0.15, 0.2) is 0 Å². The van der Waals surface area contributed by atoms with Crippen molar-refractivity contribution in [3.8, 4) is 0 Å². The van der Waals surface area contributed by atoms with Crippen LogP contribution in [-0.2, 0) is 4.79 Å². The van der Waals surface area contributed by atoms with Gasteiger partial charge in [-0.15, -0.1) is 24.8 Å². The van der Waals surface area contributed by atoms with Crippen molar-refractivity contribution in [3.63, 3.8) is 0 Å². The smallest absolute Gasteiger partial charge is 0.238 e. The summed E-state index contributed by atoms with van der Waals surface area (Å²) in [6, 6.07) is 13.9. The molecule has 1 aromatic heterocycles. The molecule has 1 fully saturated rings. The lowest BCUT2D eigenvalue weighted by Gasteiger charge is -2.15. The first-order valence-corrected chi connectivity index (χ1v) is 7.45. The average Bonchev–Trinajstić information content (AvgIpc) is 2.89. The number of nitrogens with two attached hydrogens (primary N) is 1. The first-order valence-electron chi connectivity index (χ1n) is 7.45. The molecule has 0 spiro atoms. The Labute approximate surface area is 154 Å². The van der Waals surface area contributed by atoms with Crippen LogP contribution in [0.1, 0.15) is 11.5 Å². The van der Waals surface area contributed by atoms with Crippen molar-refractivity contribution in [3.05, 3.63) is 60.4 Å². The molecule has 24 heavy (non-hydrogen) atoms. The van der Waals surface area contributed by atoms with Crippen LogP contribution in [0, 0.1) is 0 Å². The quantitative estimate of drug-likeness (QED) is 0.868. The topological polar surface area (TPSA) is 71.2 Å². The number of anilines is 1. The Morgan fingerprint density at radius 1 is 1.12 bits per heavy atom. The van der Waals surface area contributed by atoms with Crippen LogP contribution >= 0.6 is 24.8 Å². The fourth-order valence-electron chi connectivity index (χ4n) is 2.93. The van der Waals surface area contributed by atoms with Gasteiger partial charge in [-0.3, -0.25) is 14.7 Å². The minimum absolute atomic E-state index is 0. The molecule has 1 amide bonds. The van der Waals surface area contributed by atoms with Gasteiger partial charge in [0.05, 0.1) is 6.54 Å². The lowest BCUT2D eigenvalue weighted by Crippen LogP contribution is -2.33. The molecular weight excluding hydrogens is 347 g/mol. The third-order valence-corrected chi connectivity index (χ3v) is 4.00. The van der Waals surface area contributed by atoms with Crippen LogP contribution in [0.4, 0.5) is 5.69 Å². The Balaban J connectivity index is 0.00000144. The molecule has 1 saturated heterocycles. The van der Waals surface area contributed by atoms with E-state index in [4.69, 9.17) is 5.73 Å². The maximum Gasteiger partial charge on any atom is 0.238 e. The minimum Gasteiger partial charge on any atom is -0.326 e. The van der Waals surface area contributed by atoms with Crippen molar-refractivity contribution in [2.75, 3.05) is 25.0 Å². The molecule has 3 N–H and O–H groups in total. The zero-order valence-electron chi connectivity index (χ0n) is 13.2. The van der Waals surface area contributed by atoms with Crippen LogP contribution < -0.4 is 11.1 Å². The summed E-state index contributed by atoms with van der Waals surface area (Å²) in [4.78, 5) is 18.1. The molecule has 0 bridgehead atoms. The van der Waals surface area contributed by atoms with E-state index in [0.29, 0.717) is 6.54 Å². The molecule has 2 atom stereocenters. The van der Waals surface area contributed by atoms with Gasteiger partial charge in [-0.1, -0.05) is 30.3 Å². The highest BCUT2D eigenvalue weighted by molar-refractivity contribution is 5.92. The zero-order chi connectivity index (χ0) is 15.4. The number of benzene rings is 1. The van der Waals surface area contributed by atoms with E-state index in [1.165, 1.54) is 5.56 Å². The van der Waals surface area contributed by atoms with E-state index >= 15 is 0 Å². The van der Waals surface area contributed by atoms with E-state index in [2.05, 4.69) is 27.3 Å². The largest absolute Gasteiger partial charge is 0.326 e. The lowest BCUT2D eigenvalue weighted by atomic mass is 9.95. The van der Waals surface area contributed by atoms with E-state index in [-0.39, 0.29) is 42.7 Å². The van der Waals surface area contributed by atoms with Crippen molar-refractivity contribution >= 4 is 36.4 Å². The number of hydrogen-bond acceptors (Lipinski definition) is 4. The summed E-state index contributed by atoms with van der Waals surface area (Å²) in [6.07, 6.45) is 3.32. The van der Waals surface area contributed by atoms with Crippen molar-refractivity contribution in [2.45, 2.75) is 12.0 Å². The Morgan fingerprint density at radius 3 is 2.46 bits per heavy atom. The highest BCUT2D eigenvalue weighted by Crippen LogP contribution is 2.26. The van der Waals surface area contributed by atoms with Gasteiger partial charge in [-0.2, -0.15) is 0 Å². The summed E-state index contributed by atoms with van der Waals surface area (Å²) in [5.74, 6) is 0.266. The number of nitrogens with zero attached hydrogens (tertiary/aromatic N) is 2. The summed E-state index contributed by atoms with van der Waals surface area (Å²) >= 11 is 0. The van der Waals surface area contributed by atoms with Crippen molar-refractivity contribution < 1.29 is 4.79 Å². The Hall–Kier alpha value is -1.66. The summed E-state index contributed by atoms with van der Waals surface area (Å²) < 4.78 is 0. The van der Waals surface area contributed by atoms with E-state index in [1.54, 1.807) is 24.5 Å². The van der Waals surface area contributed by atoms with Crippen LogP contribution in [0.2, 0.25) is 0 Å². The van der Waals surface area contributed by atoms with E-state index in [9.17, 15) is 4.79 Å². The number of carbonyl (C=O) groups is 1. The summed E-state index contributed by atoms with van der Waals surface area (Å²) in [7, 11) is 0. The van der Waals surface area contributed by atoms with E-state index in [1.807, 2.05) is 18.2 Å². The first-order chi connectivity index (χ1) is 10.7. The number of hydrogen-bond donors (Lipinski definition) is 2. The number of rotatable bonds is 4. The molecule has 7 heteroatoms. The van der Waals surface area contributed by atoms with Crippen LogP contribution in [0.3, 0.4) is 0 Å². The predicted molar refractivity (Wildman–Crippen MR) is 101 cm³/mol. The third-order valence-electron chi connectivity index (χ3n) is 4.00. The standard InChI is InChI=1S/C17H20N4O.2ClH/c18-16-11-21(10-15(16)13-4-2-1-3-5-13)12-17(22)20-14-6-8-19-9-7-14;;/h1-9,15-16H,10-12,18H2,(H,19,20,22);2*1H/t15-,16+;;/m0../s1. The SMILES string of the molecule is Cl.Cl.N[C@@H]1CN(CC(=O)Nc2ccncc2)C[C@H]1c1ccccc1. The molecule has 2 aromatic rings. The number of aromatic nitrogens is 1. The molecule has 1 aliphatic rings. The van der Waals surface area contributed by atoms with Crippen LogP contribution in [0.25, 0.3) is 0 Å². The molecule has 3 rings (SSSR count). The van der Waals surface area contributed by atoms with E-state index < -0.39 is 0 Å². The first kappa shape index (κ1) is 20.4. The zero-order valence-corrected chi connectivity index (χ0v) is 14.8. The number of carbonyl (C=O) groups excluding carboxylic acids is 1. The molecule has 0 unspecified atom stereocenters. The monoisotopic (exact) mass is 368 g/mol. The number of halogens is 2. The number of amides is 1. The second-order valence-electron chi connectivity index (χ2n) is 5.66. The highest BCUT2D eigenvalue weighted by atomic mass is 35.5. The molecule has 1 aliphatic heterocycles. The lowest BCUT2D eigenvalue weighted by molar-refractivity contribution is -0.117. The molecule has 1 aromatic carbocycles. The fraction of sp³-hybridized carbons (Fsp3) is 0.294. The molecule has 2 heterocycles. The van der Waals surface area contributed by atoms with Gasteiger partial charge in [-0.05, 0) is 17.7 Å². The predicted octanol–water partition coefficient (Wildman–Crippen LogP) is 2.29. The maximum absolute atomic E-state index is 12.1. The summed E-state index contributed by atoms with van der Waals surface area (Å²) in [5.41, 5.74) is 8.26. The van der Waals surface area contributed by atoms with Gasteiger partial charge in [0.2, 0.25) is 5.91 Å². The Kier molecular flexibility index (Phi) is 8.15. The van der Waals surface area contributed by atoms with E-state index in [0.717, 1.165) is 18.8 Å². The van der Waals surface area contributed by atoms with Gasteiger partial charge in [-0.25, -0.2) is 0 Å². The molecule has 0 aliphatic carbocycles. The normalized spacial score (nSPS) is 19.9. The van der Waals surface area contributed by atoms with Crippen LogP contribution in [0.5, 0.6) is 0 Å². The molecule has 5 nitrogen and oxygen atoms in total. The number of likely N-dealkylation sites (tertiary alicyclic amines) is 1. The van der Waals surface area contributed by atoms with Crippen molar-refractivity contribution in [2.24, 2.45) is 5.73 Å². The van der Waals surface area contributed by atoms with Gasteiger partial charge in [0, 0.05) is 43.1 Å². The fourth-order valence-corrected chi connectivity index (χ4v) is 2.93.